The highest BCUT2D eigenvalue weighted by molar-refractivity contribution is 5.92. The fourth-order valence-electron chi connectivity index (χ4n) is 2.96. The van der Waals surface area contributed by atoms with Gasteiger partial charge >= 0.3 is 0 Å². The largest absolute Gasteiger partial charge is 0.389 e. The van der Waals surface area contributed by atoms with Crippen LogP contribution in [0.5, 0.6) is 0 Å². The molecule has 0 unspecified atom stereocenters. The molecule has 124 valence electrons. The van der Waals surface area contributed by atoms with Crippen molar-refractivity contribution >= 4 is 22.8 Å². The topological polar surface area (TPSA) is 111 Å². The van der Waals surface area contributed by atoms with E-state index in [1.807, 2.05) is 11.0 Å². The van der Waals surface area contributed by atoms with Crippen molar-refractivity contribution in [2.45, 2.75) is 6.10 Å². The zero-order valence-electron chi connectivity index (χ0n) is 12.8. The fraction of sp³-hybridized carbons (Fsp3) is 0.333. The molecular formula is C15H16N6O3. The first kappa shape index (κ1) is 14.6. The number of rotatable bonds is 2. The summed E-state index contributed by atoms with van der Waals surface area (Å²) in [5.41, 5.74) is 0.986. The van der Waals surface area contributed by atoms with Crippen molar-refractivity contribution in [3.05, 3.63) is 36.6 Å². The average molecular weight is 328 g/mol. The number of aliphatic hydroxyl groups is 1. The van der Waals surface area contributed by atoms with Crippen LogP contribution in [0.2, 0.25) is 0 Å². The molecule has 3 aromatic heterocycles. The van der Waals surface area contributed by atoms with Gasteiger partial charge in [0.2, 0.25) is 0 Å². The Morgan fingerprint density at radius 1 is 1.29 bits per heavy atom. The van der Waals surface area contributed by atoms with E-state index in [1.54, 1.807) is 11.1 Å². The van der Waals surface area contributed by atoms with Gasteiger partial charge in [0.05, 0.1) is 11.5 Å². The molecule has 0 aromatic carbocycles. The molecule has 0 aliphatic carbocycles. The van der Waals surface area contributed by atoms with Gasteiger partial charge in [-0.25, -0.2) is 9.97 Å². The van der Waals surface area contributed by atoms with Gasteiger partial charge in [-0.05, 0) is 6.07 Å². The Bertz CT molecular complexity index is 846. The first-order chi connectivity index (χ1) is 11.7. The first-order valence-electron chi connectivity index (χ1n) is 7.63. The van der Waals surface area contributed by atoms with Gasteiger partial charge in [-0.2, -0.15) is 0 Å². The lowest BCUT2D eigenvalue weighted by Crippen LogP contribution is -2.37. The summed E-state index contributed by atoms with van der Waals surface area (Å²) in [6.45, 7) is 1.64. The van der Waals surface area contributed by atoms with E-state index >= 15 is 0 Å². The summed E-state index contributed by atoms with van der Waals surface area (Å²) in [4.78, 5) is 27.5. The molecule has 1 aliphatic rings. The van der Waals surface area contributed by atoms with Crippen LogP contribution in [-0.2, 0) is 0 Å². The molecule has 3 aromatic rings. The Labute approximate surface area is 136 Å². The molecule has 4 rings (SSSR count). The summed E-state index contributed by atoms with van der Waals surface area (Å²) >= 11 is 0. The van der Waals surface area contributed by atoms with Crippen LogP contribution < -0.4 is 4.90 Å². The van der Waals surface area contributed by atoms with Crippen LogP contribution in [0.3, 0.4) is 0 Å². The zero-order chi connectivity index (χ0) is 16.5. The summed E-state index contributed by atoms with van der Waals surface area (Å²) in [5.74, 6) is 0.496. The number of aliphatic hydroxyl groups excluding tert-OH is 1. The van der Waals surface area contributed by atoms with Gasteiger partial charge in [-0.1, -0.05) is 5.16 Å². The summed E-state index contributed by atoms with van der Waals surface area (Å²) in [7, 11) is 0. The molecular weight excluding hydrogens is 312 g/mol. The smallest absolute Gasteiger partial charge is 0.276 e. The minimum Gasteiger partial charge on any atom is -0.389 e. The van der Waals surface area contributed by atoms with Crippen LogP contribution in [0, 0.1) is 0 Å². The van der Waals surface area contributed by atoms with Gasteiger partial charge in [0.25, 0.3) is 5.91 Å². The van der Waals surface area contributed by atoms with Gasteiger partial charge < -0.3 is 24.4 Å². The first-order valence-corrected chi connectivity index (χ1v) is 7.63. The molecule has 24 heavy (non-hydrogen) atoms. The van der Waals surface area contributed by atoms with E-state index in [1.165, 1.54) is 18.7 Å². The molecule has 4 heterocycles. The maximum absolute atomic E-state index is 12.4. The van der Waals surface area contributed by atoms with E-state index in [-0.39, 0.29) is 18.1 Å². The number of hydrogen-bond donors (Lipinski definition) is 2. The lowest BCUT2D eigenvalue weighted by atomic mass is 10.3. The predicted octanol–water partition coefficient (Wildman–Crippen LogP) is 0.269. The molecule has 0 spiro atoms. The molecule has 9 nitrogen and oxygen atoms in total. The van der Waals surface area contributed by atoms with Gasteiger partial charge in [0.1, 0.15) is 24.1 Å². The number of nitrogens with one attached hydrogen (secondary N) is 1. The normalized spacial score (nSPS) is 18.8. The van der Waals surface area contributed by atoms with Crippen LogP contribution in [0.15, 0.2) is 35.4 Å². The number of aromatic amines is 1. The Morgan fingerprint density at radius 3 is 3.04 bits per heavy atom. The lowest BCUT2D eigenvalue weighted by molar-refractivity contribution is 0.0664. The lowest BCUT2D eigenvalue weighted by Gasteiger charge is -2.23. The van der Waals surface area contributed by atoms with Crippen LogP contribution >= 0.6 is 0 Å². The van der Waals surface area contributed by atoms with Crippen molar-refractivity contribution in [1.82, 2.24) is 25.0 Å². The second kappa shape index (κ2) is 5.93. The third kappa shape index (κ3) is 2.58. The van der Waals surface area contributed by atoms with E-state index in [0.717, 1.165) is 16.9 Å². The van der Waals surface area contributed by atoms with Crippen LogP contribution in [0.4, 0.5) is 5.82 Å². The maximum atomic E-state index is 12.4. The fourth-order valence-corrected chi connectivity index (χ4v) is 2.96. The van der Waals surface area contributed by atoms with E-state index in [4.69, 9.17) is 4.52 Å². The van der Waals surface area contributed by atoms with Gasteiger partial charge in [0, 0.05) is 38.4 Å². The number of fused-ring (bicyclic) bond motifs is 1. The average Bonchev–Trinajstić information content (AvgIpc) is 3.24. The molecule has 2 N–H and O–H groups in total. The minimum absolute atomic E-state index is 0.240. The van der Waals surface area contributed by atoms with E-state index < -0.39 is 6.10 Å². The summed E-state index contributed by atoms with van der Waals surface area (Å²) < 4.78 is 4.72. The molecule has 0 saturated carbocycles. The van der Waals surface area contributed by atoms with E-state index in [9.17, 15) is 9.90 Å². The standard InChI is InChI=1S/C15H16N6O3/c22-10-7-20(14-11-1-3-16-13(11)17-9-18-14)4-5-21(8-10)15(23)12-2-6-24-19-12/h1-3,6,9-10,22H,4-5,7-8H2,(H,16,17,18)/t10-/m1/s1. The molecule has 1 aliphatic heterocycles. The van der Waals surface area contributed by atoms with Crippen molar-refractivity contribution in [3.8, 4) is 0 Å². The Hall–Kier alpha value is -2.94. The molecule has 1 atom stereocenters. The molecule has 0 radical (unpaired) electrons. The number of carbonyl (C=O) groups excluding carboxylic acids is 1. The van der Waals surface area contributed by atoms with Gasteiger partial charge in [-0.15, -0.1) is 0 Å². The van der Waals surface area contributed by atoms with Gasteiger partial charge in [-0.3, -0.25) is 4.79 Å². The molecule has 1 amide bonds. The highest BCUT2D eigenvalue weighted by Crippen LogP contribution is 2.23. The number of amides is 1. The van der Waals surface area contributed by atoms with E-state index in [0.29, 0.717) is 19.6 Å². The second-order valence-corrected chi connectivity index (χ2v) is 5.67. The zero-order valence-corrected chi connectivity index (χ0v) is 12.8. The van der Waals surface area contributed by atoms with Crippen molar-refractivity contribution in [2.75, 3.05) is 31.1 Å². The Kier molecular flexibility index (Phi) is 3.62. The third-order valence-corrected chi connectivity index (χ3v) is 4.08. The van der Waals surface area contributed by atoms with Crippen molar-refractivity contribution in [1.29, 1.82) is 0 Å². The third-order valence-electron chi connectivity index (χ3n) is 4.08. The number of aromatic nitrogens is 4. The SMILES string of the molecule is O=C(c1ccon1)N1CCN(c2ncnc3[nH]ccc23)C[C@@H](O)C1. The maximum Gasteiger partial charge on any atom is 0.276 e. The minimum atomic E-state index is -0.688. The van der Waals surface area contributed by atoms with Crippen LogP contribution in [0.1, 0.15) is 10.5 Å². The van der Waals surface area contributed by atoms with Crippen molar-refractivity contribution in [3.63, 3.8) is 0 Å². The van der Waals surface area contributed by atoms with Crippen LogP contribution in [-0.4, -0.2) is 68.3 Å². The van der Waals surface area contributed by atoms with Crippen molar-refractivity contribution in [2.24, 2.45) is 0 Å². The number of carbonyl (C=O) groups is 1. The summed E-state index contributed by atoms with van der Waals surface area (Å²) in [6.07, 6.45) is 3.96. The van der Waals surface area contributed by atoms with Crippen LogP contribution in [0.25, 0.3) is 11.0 Å². The highest BCUT2D eigenvalue weighted by Gasteiger charge is 2.27. The molecule has 1 saturated heterocycles. The highest BCUT2D eigenvalue weighted by atomic mass is 16.5. The number of nitrogens with zero attached hydrogens (tertiary/aromatic N) is 5. The quantitative estimate of drug-likeness (QED) is 0.694. The number of β-amino-alcohol motifs (C(OH)–C–C–N with tert-alkyl or cyclic N) is 1. The monoisotopic (exact) mass is 328 g/mol. The summed E-state index contributed by atoms with van der Waals surface area (Å²) in [5, 5.41) is 14.9. The number of anilines is 1. The predicted molar refractivity (Wildman–Crippen MR) is 84.5 cm³/mol. The molecule has 1 fully saturated rings. The Balaban J connectivity index is 1.58. The second-order valence-electron chi connectivity index (χ2n) is 5.67. The molecule has 0 bridgehead atoms. The summed E-state index contributed by atoms with van der Waals surface area (Å²) in [6, 6.07) is 3.42. The Morgan fingerprint density at radius 2 is 2.21 bits per heavy atom. The van der Waals surface area contributed by atoms with E-state index in [2.05, 4.69) is 20.1 Å². The molecule has 9 heteroatoms. The number of hydrogen-bond acceptors (Lipinski definition) is 7. The van der Waals surface area contributed by atoms with Gasteiger partial charge in [0.15, 0.2) is 5.69 Å². The number of H-pyrrole nitrogens is 1. The van der Waals surface area contributed by atoms with Crippen molar-refractivity contribution < 1.29 is 14.4 Å².